The van der Waals surface area contributed by atoms with Gasteiger partial charge in [-0.25, -0.2) is 0 Å². The van der Waals surface area contributed by atoms with Crippen molar-refractivity contribution in [3.8, 4) is 5.75 Å². The summed E-state index contributed by atoms with van der Waals surface area (Å²) in [5.41, 5.74) is 1.14. The highest BCUT2D eigenvalue weighted by atomic mass is 16.5. The van der Waals surface area contributed by atoms with E-state index in [2.05, 4.69) is 4.98 Å². The molecule has 1 aromatic carbocycles. The van der Waals surface area contributed by atoms with Gasteiger partial charge in [-0.2, -0.15) is 0 Å². The molecule has 1 amide bonds. The molecule has 3 rings (SSSR count). The van der Waals surface area contributed by atoms with Gasteiger partial charge in [0.05, 0.1) is 24.3 Å². The number of pyridine rings is 1. The summed E-state index contributed by atoms with van der Waals surface area (Å²) in [6, 6.07) is 9.65. The summed E-state index contributed by atoms with van der Waals surface area (Å²) in [4.78, 5) is 30.9. The van der Waals surface area contributed by atoms with Gasteiger partial charge in [-0.05, 0) is 43.7 Å². The second kappa shape index (κ2) is 8.87. The molecule has 1 aromatic heterocycles. The first-order valence-electron chi connectivity index (χ1n) is 9.38. The molecule has 0 bridgehead atoms. The van der Waals surface area contributed by atoms with E-state index in [9.17, 15) is 14.7 Å². The van der Waals surface area contributed by atoms with Gasteiger partial charge in [-0.1, -0.05) is 12.1 Å². The van der Waals surface area contributed by atoms with Crippen LogP contribution in [-0.4, -0.2) is 53.0 Å². The van der Waals surface area contributed by atoms with Gasteiger partial charge in [0.1, 0.15) is 11.5 Å². The maximum absolute atomic E-state index is 12.8. The van der Waals surface area contributed by atoms with E-state index in [1.165, 1.54) is 24.4 Å². The quantitative estimate of drug-likeness (QED) is 0.440. The Morgan fingerprint density at radius 1 is 1.21 bits per heavy atom. The second-order valence-electron chi connectivity index (χ2n) is 6.96. The normalized spacial score (nSPS) is 18.5. The zero-order valence-electron chi connectivity index (χ0n) is 16.7. The average Bonchev–Trinajstić information content (AvgIpc) is 2.96. The van der Waals surface area contributed by atoms with Gasteiger partial charge in [-0.15, -0.1) is 0 Å². The number of rotatable bonds is 7. The number of hydrogen-bond donors (Lipinski definition) is 1. The first-order valence-corrected chi connectivity index (χ1v) is 9.38. The largest absolute Gasteiger partial charge is 0.507 e. The van der Waals surface area contributed by atoms with E-state index < -0.39 is 17.7 Å². The van der Waals surface area contributed by atoms with Crippen molar-refractivity contribution in [2.24, 2.45) is 0 Å². The Balaban J connectivity index is 2.13. The Morgan fingerprint density at radius 2 is 1.93 bits per heavy atom. The number of aliphatic hydroxyl groups excluding tert-OH is 1. The Kier molecular flexibility index (Phi) is 6.29. The van der Waals surface area contributed by atoms with Crippen molar-refractivity contribution in [2.75, 3.05) is 20.3 Å². The minimum Gasteiger partial charge on any atom is -0.507 e. The summed E-state index contributed by atoms with van der Waals surface area (Å²) >= 11 is 0. The van der Waals surface area contributed by atoms with Gasteiger partial charge in [-0.3, -0.25) is 14.6 Å². The van der Waals surface area contributed by atoms with Gasteiger partial charge in [0, 0.05) is 31.6 Å². The average molecular weight is 396 g/mol. The molecular weight excluding hydrogens is 372 g/mol. The fraction of sp³-hybridized carbons (Fsp3) is 0.318. The summed E-state index contributed by atoms with van der Waals surface area (Å²) in [6.45, 7) is 4.32. The summed E-state index contributed by atoms with van der Waals surface area (Å²) in [5, 5.41) is 10.9. The number of carbonyl (C=O) groups excluding carboxylic acids is 2. The lowest BCUT2D eigenvalue weighted by atomic mass is 9.95. The number of ether oxygens (including phenoxy) is 2. The van der Waals surface area contributed by atoms with E-state index in [0.717, 1.165) is 0 Å². The number of hydrogen-bond acceptors (Lipinski definition) is 6. The predicted molar refractivity (Wildman–Crippen MR) is 107 cm³/mol. The zero-order chi connectivity index (χ0) is 21.0. The fourth-order valence-corrected chi connectivity index (χ4v) is 3.34. The SMILES string of the molecule is COCCN1C(=O)C(=O)/C(=C(\O)c2ccncc2)C1c1cccc(OC(C)C)c1. The molecule has 0 radical (unpaired) electrons. The Bertz CT molecular complexity index is 924. The molecule has 1 atom stereocenters. The number of methoxy groups -OCH3 is 1. The number of carbonyl (C=O) groups is 2. The number of Topliss-reactive ketones (excluding diaryl/α,β-unsaturated/α-hetero) is 1. The van der Waals surface area contributed by atoms with E-state index in [-0.39, 0.29) is 30.6 Å². The molecule has 7 heteroatoms. The van der Waals surface area contributed by atoms with Crippen molar-refractivity contribution in [3.63, 3.8) is 0 Å². The van der Waals surface area contributed by atoms with Crippen LogP contribution in [0.4, 0.5) is 0 Å². The lowest BCUT2D eigenvalue weighted by Crippen LogP contribution is -2.32. The first-order chi connectivity index (χ1) is 13.9. The molecule has 1 saturated heterocycles. The zero-order valence-corrected chi connectivity index (χ0v) is 16.7. The lowest BCUT2D eigenvalue weighted by Gasteiger charge is -2.25. The Morgan fingerprint density at radius 3 is 2.59 bits per heavy atom. The summed E-state index contributed by atoms with van der Waals surface area (Å²) in [6.07, 6.45) is 3.01. The van der Waals surface area contributed by atoms with E-state index in [4.69, 9.17) is 9.47 Å². The van der Waals surface area contributed by atoms with Gasteiger partial charge < -0.3 is 19.5 Å². The third kappa shape index (κ3) is 4.30. The van der Waals surface area contributed by atoms with Gasteiger partial charge in [0.2, 0.25) is 0 Å². The van der Waals surface area contributed by atoms with Crippen LogP contribution in [0.1, 0.15) is 31.0 Å². The lowest BCUT2D eigenvalue weighted by molar-refractivity contribution is -0.140. The summed E-state index contributed by atoms with van der Waals surface area (Å²) < 4.78 is 10.9. The molecule has 1 aliphatic heterocycles. The molecule has 0 aliphatic carbocycles. The van der Waals surface area contributed by atoms with E-state index >= 15 is 0 Å². The maximum Gasteiger partial charge on any atom is 0.295 e. The summed E-state index contributed by atoms with van der Waals surface area (Å²) in [7, 11) is 1.53. The van der Waals surface area contributed by atoms with Gasteiger partial charge in [0.15, 0.2) is 0 Å². The van der Waals surface area contributed by atoms with Crippen molar-refractivity contribution in [3.05, 3.63) is 65.5 Å². The molecule has 152 valence electrons. The highest BCUT2D eigenvalue weighted by Crippen LogP contribution is 2.40. The van der Waals surface area contributed by atoms with Crippen LogP contribution in [0.25, 0.3) is 5.76 Å². The van der Waals surface area contributed by atoms with Crippen molar-refractivity contribution in [1.82, 2.24) is 9.88 Å². The number of ketones is 1. The molecule has 2 aromatic rings. The van der Waals surface area contributed by atoms with Crippen LogP contribution < -0.4 is 4.74 Å². The molecule has 7 nitrogen and oxygen atoms in total. The molecule has 1 N–H and O–H groups in total. The molecule has 0 saturated carbocycles. The highest BCUT2D eigenvalue weighted by Gasteiger charge is 2.45. The molecular formula is C22H24N2O5. The minimum atomic E-state index is -0.742. The fourth-order valence-electron chi connectivity index (χ4n) is 3.34. The molecule has 1 aliphatic rings. The predicted octanol–water partition coefficient (Wildman–Crippen LogP) is 2.94. The van der Waals surface area contributed by atoms with E-state index in [1.54, 1.807) is 24.3 Å². The maximum atomic E-state index is 12.8. The number of aliphatic hydroxyl groups is 1. The van der Waals surface area contributed by atoms with Gasteiger partial charge >= 0.3 is 0 Å². The smallest absolute Gasteiger partial charge is 0.295 e. The van der Waals surface area contributed by atoms with Crippen molar-refractivity contribution in [1.29, 1.82) is 0 Å². The standard InChI is InChI=1S/C22H24N2O5/c1-14(2)29-17-6-4-5-16(13-17)19-18(20(25)15-7-9-23-10-8-15)21(26)22(27)24(19)11-12-28-3/h4-10,13-14,19,25H,11-12H2,1-3H3/b20-18-. The van der Waals surface area contributed by atoms with Crippen LogP contribution in [0.2, 0.25) is 0 Å². The van der Waals surface area contributed by atoms with Crippen molar-refractivity contribution < 1.29 is 24.2 Å². The Labute approximate surface area is 169 Å². The molecule has 2 heterocycles. The second-order valence-corrected chi connectivity index (χ2v) is 6.96. The highest BCUT2D eigenvalue weighted by molar-refractivity contribution is 6.46. The van der Waals surface area contributed by atoms with Crippen molar-refractivity contribution in [2.45, 2.75) is 26.0 Å². The number of nitrogens with zero attached hydrogens (tertiary/aromatic N) is 2. The van der Waals surface area contributed by atoms with Crippen LogP contribution in [0.15, 0.2) is 54.4 Å². The van der Waals surface area contributed by atoms with Gasteiger partial charge in [0.25, 0.3) is 11.7 Å². The van der Waals surface area contributed by atoms with E-state index in [0.29, 0.717) is 16.9 Å². The van der Waals surface area contributed by atoms with Crippen LogP contribution in [0.5, 0.6) is 5.75 Å². The third-order valence-electron chi connectivity index (χ3n) is 4.58. The first kappa shape index (κ1) is 20.5. The molecule has 1 unspecified atom stereocenters. The third-order valence-corrected chi connectivity index (χ3v) is 4.58. The Hall–Kier alpha value is -3.19. The number of likely N-dealkylation sites (tertiary alicyclic amines) is 1. The minimum absolute atomic E-state index is 0.0260. The number of aromatic nitrogens is 1. The van der Waals surface area contributed by atoms with Crippen LogP contribution in [-0.2, 0) is 14.3 Å². The van der Waals surface area contributed by atoms with Crippen LogP contribution in [0.3, 0.4) is 0 Å². The van der Waals surface area contributed by atoms with Crippen LogP contribution in [0, 0.1) is 0 Å². The van der Waals surface area contributed by atoms with Crippen LogP contribution >= 0.6 is 0 Å². The molecule has 29 heavy (non-hydrogen) atoms. The number of amides is 1. The summed E-state index contributed by atoms with van der Waals surface area (Å²) in [5.74, 6) is -1.00. The van der Waals surface area contributed by atoms with E-state index in [1.807, 2.05) is 26.0 Å². The molecule has 0 spiro atoms. The number of benzene rings is 1. The molecule has 1 fully saturated rings. The topological polar surface area (TPSA) is 89.0 Å². The monoisotopic (exact) mass is 396 g/mol. The van der Waals surface area contributed by atoms with Crippen molar-refractivity contribution >= 4 is 17.4 Å².